The van der Waals surface area contributed by atoms with Crippen molar-refractivity contribution in [3.8, 4) is 0 Å². The van der Waals surface area contributed by atoms with Crippen molar-refractivity contribution in [2.75, 3.05) is 13.1 Å². The van der Waals surface area contributed by atoms with E-state index >= 15 is 0 Å². The molecule has 1 atom stereocenters. The fourth-order valence-corrected chi connectivity index (χ4v) is 5.96. The molecule has 0 aromatic carbocycles. The van der Waals surface area contributed by atoms with Crippen LogP contribution in [0.2, 0.25) is 0 Å². The third-order valence-electron chi connectivity index (χ3n) is 8.20. The lowest BCUT2D eigenvalue weighted by molar-refractivity contribution is -0.134. The highest BCUT2D eigenvalue weighted by molar-refractivity contribution is 5.79. The Hall–Kier alpha value is -0.790. The van der Waals surface area contributed by atoms with Gasteiger partial charge in [0.15, 0.2) is 0 Å². The molecule has 1 amide bonds. The van der Waals surface area contributed by atoms with Crippen molar-refractivity contribution in [1.82, 2.24) is 4.90 Å². The van der Waals surface area contributed by atoms with E-state index in [0.29, 0.717) is 5.91 Å². The number of carbonyl (C=O) groups is 1. The largest absolute Gasteiger partial charge is 0.339 e. The molecule has 180 valence electrons. The molecule has 0 N–H and O–H groups in total. The van der Waals surface area contributed by atoms with Gasteiger partial charge in [-0.05, 0) is 31.1 Å². The molecule has 0 aromatic rings. The van der Waals surface area contributed by atoms with Crippen molar-refractivity contribution < 1.29 is 4.79 Å². The van der Waals surface area contributed by atoms with E-state index in [2.05, 4.69) is 13.5 Å². The summed E-state index contributed by atoms with van der Waals surface area (Å²) in [7, 11) is 0. The second-order valence-electron chi connectivity index (χ2n) is 10.7. The molecule has 2 aliphatic rings. The van der Waals surface area contributed by atoms with Crippen LogP contribution in [-0.4, -0.2) is 23.9 Å². The number of unbranched alkanes of at least 4 members (excludes halogenated alkanes) is 9. The first-order valence-corrected chi connectivity index (χ1v) is 14.1. The minimum Gasteiger partial charge on any atom is -0.339 e. The molecule has 1 heterocycles. The van der Waals surface area contributed by atoms with E-state index in [-0.39, 0.29) is 5.92 Å². The van der Waals surface area contributed by atoms with E-state index in [1.165, 1.54) is 109 Å². The Bertz CT molecular complexity index is 465. The van der Waals surface area contributed by atoms with Crippen LogP contribution in [0.15, 0.2) is 12.7 Å². The lowest BCUT2D eigenvalue weighted by Crippen LogP contribution is -2.35. The first-order chi connectivity index (χ1) is 15.2. The third-order valence-corrected chi connectivity index (χ3v) is 8.20. The van der Waals surface area contributed by atoms with Crippen LogP contribution < -0.4 is 0 Å². The molecule has 1 aliphatic carbocycles. The van der Waals surface area contributed by atoms with Gasteiger partial charge in [0.25, 0.3) is 0 Å². The van der Waals surface area contributed by atoms with Crippen LogP contribution in [0, 0.1) is 17.8 Å². The van der Waals surface area contributed by atoms with Gasteiger partial charge in [0.2, 0.25) is 5.91 Å². The lowest BCUT2D eigenvalue weighted by atomic mass is 9.79. The summed E-state index contributed by atoms with van der Waals surface area (Å²) in [4.78, 5) is 14.7. The van der Waals surface area contributed by atoms with Crippen LogP contribution in [0.3, 0.4) is 0 Å². The molecule has 1 unspecified atom stereocenters. The third kappa shape index (κ3) is 11.1. The molecular formula is C29H53NO. The van der Waals surface area contributed by atoms with Crippen LogP contribution in [0.25, 0.3) is 0 Å². The molecule has 2 rings (SSSR count). The monoisotopic (exact) mass is 431 g/mol. The summed E-state index contributed by atoms with van der Waals surface area (Å²) in [5.41, 5.74) is 0. The van der Waals surface area contributed by atoms with E-state index in [9.17, 15) is 4.79 Å². The van der Waals surface area contributed by atoms with Crippen molar-refractivity contribution >= 4 is 5.91 Å². The molecule has 1 aliphatic heterocycles. The van der Waals surface area contributed by atoms with Crippen LogP contribution in [0.5, 0.6) is 0 Å². The molecular weight excluding hydrogens is 378 g/mol. The van der Waals surface area contributed by atoms with Gasteiger partial charge >= 0.3 is 0 Å². The highest BCUT2D eigenvalue weighted by Gasteiger charge is 2.25. The summed E-state index contributed by atoms with van der Waals surface area (Å²) in [5, 5.41) is 0. The van der Waals surface area contributed by atoms with Gasteiger partial charge in [-0.3, -0.25) is 4.79 Å². The molecule has 2 fully saturated rings. The predicted molar refractivity (Wildman–Crippen MR) is 135 cm³/mol. The van der Waals surface area contributed by atoms with Crippen molar-refractivity contribution in [1.29, 1.82) is 0 Å². The van der Waals surface area contributed by atoms with E-state index in [1.54, 1.807) is 0 Å². The van der Waals surface area contributed by atoms with Crippen LogP contribution in [0.1, 0.15) is 135 Å². The maximum atomic E-state index is 12.6. The van der Waals surface area contributed by atoms with Crippen LogP contribution >= 0.6 is 0 Å². The van der Waals surface area contributed by atoms with E-state index < -0.39 is 0 Å². The smallest absolute Gasteiger partial charge is 0.225 e. The SMILES string of the molecule is C=CCN1CCCCC(CCCCCCCCCCCCC2CCC(CC)CC2)C1=O. The molecule has 31 heavy (non-hydrogen) atoms. The second-order valence-corrected chi connectivity index (χ2v) is 10.7. The number of nitrogens with zero attached hydrogens (tertiary/aromatic N) is 1. The molecule has 1 saturated carbocycles. The Morgan fingerprint density at radius 1 is 0.774 bits per heavy atom. The van der Waals surface area contributed by atoms with Gasteiger partial charge in [0.05, 0.1) is 0 Å². The molecule has 0 radical (unpaired) electrons. The summed E-state index contributed by atoms with van der Waals surface area (Å²) < 4.78 is 0. The predicted octanol–water partition coefficient (Wildman–Crippen LogP) is 8.70. The van der Waals surface area contributed by atoms with Gasteiger partial charge in [-0.25, -0.2) is 0 Å². The summed E-state index contributed by atoms with van der Waals surface area (Å²) >= 11 is 0. The zero-order valence-electron chi connectivity index (χ0n) is 20.9. The fraction of sp³-hybridized carbons (Fsp3) is 0.897. The van der Waals surface area contributed by atoms with Gasteiger partial charge in [0, 0.05) is 19.0 Å². The number of rotatable bonds is 16. The summed E-state index contributed by atoms with van der Waals surface area (Å²) in [6.45, 7) is 7.84. The summed E-state index contributed by atoms with van der Waals surface area (Å²) in [6.07, 6.45) is 29.4. The molecule has 1 saturated heterocycles. The maximum absolute atomic E-state index is 12.6. The van der Waals surface area contributed by atoms with Crippen molar-refractivity contribution in [2.45, 2.75) is 135 Å². The van der Waals surface area contributed by atoms with Gasteiger partial charge in [-0.15, -0.1) is 6.58 Å². The van der Waals surface area contributed by atoms with E-state index in [4.69, 9.17) is 0 Å². The van der Waals surface area contributed by atoms with Crippen molar-refractivity contribution in [2.24, 2.45) is 17.8 Å². The van der Waals surface area contributed by atoms with Crippen LogP contribution in [-0.2, 0) is 4.79 Å². The molecule has 0 aromatic heterocycles. The summed E-state index contributed by atoms with van der Waals surface area (Å²) in [5.74, 6) is 2.78. The van der Waals surface area contributed by atoms with Crippen molar-refractivity contribution in [3.05, 3.63) is 12.7 Å². The highest BCUT2D eigenvalue weighted by atomic mass is 16.2. The zero-order chi connectivity index (χ0) is 22.2. The minimum absolute atomic E-state index is 0.282. The average molecular weight is 432 g/mol. The first-order valence-electron chi connectivity index (χ1n) is 14.1. The quantitative estimate of drug-likeness (QED) is 0.177. The Morgan fingerprint density at radius 3 is 1.90 bits per heavy atom. The van der Waals surface area contributed by atoms with E-state index in [1.807, 2.05) is 11.0 Å². The topological polar surface area (TPSA) is 20.3 Å². The molecule has 2 heteroatoms. The zero-order valence-corrected chi connectivity index (χ0v) is 20.9. The van der Waals surface area contributed by atoms with Crippen molar-refractivity contribution in [3.63, 3.8) is 0 Å². The van der Waals surface area contributed by atoms with Gasteiger partial charge in [-0.2, -0.15) is 0 Å². The van der Waals surface area contributed by atoms with Crippen LogP contribution in [0.4, 0.5) is 0 Å². The minimum atomic E-state index is 0.282. The Balaban J connectivity index is 1.36. The summed E-state index contributed by atoms with van der Waals surface area (Å²) in [6, 6.07) is 0. The number of hydrogen-bond acceptors (Lipinski definition) is 1. The fourth-order valence-electron chi connectivity index (χ4n) is 5.96. The number of amides is 1. The lowest BCUT2D eigenvalue weighted by Gasteiger charge is -2.27. The molecule has 0 bridgehead atoms. The molecule has 2 nitrogen and oxygen atoms in total. The highest BCUT2D eigenvalue weighted by Crippen LogP contribution is 2.33. The van der Waals surface area contributed by atoms with E-state index in [0.717, 1.165) is 44.2 Å². The Labute approximate surface area is 194 Å². The Morgan fingerprint density at radius 2 is 1.32 bits per heavy atom. The number of likely N-dealkylation sites (tertiary alicyclic amines) is 1. The van der Waals surface area contributed by atoms with Gasteiger partial charge in [0.1, 0.15) is 0 Å². The maximum Gasteiger partial charge on any atom is 0.225 e. The molecule has 0 spiro atoms. The number of carbonyl (C=O) groups excluding carboxylic acids is 1. The standard InChI is InChI=1S/C29H53NO/c1-3-24-30-25-16-15-19-28(29(30)31)18-14-12-10-8-6-5-7-9-11-13-17-27-22-20-26(4-2)21-23-27/h3,26-28H,1,4-25H2,2H3. The first kappa shape index (κ1) is 26.5. The van der Waals surface area contributed by atoms with Gasteiger partial charge in [-0.1, -0.05) is 122 Å². The Kier molecular flexibility index (Phi) is 14.3. The number of hydrogen-bond donors (Lipinski definition) is 0. The average Bonchev–Trinajstić information content (AvgIpc) is 2.96. The normalized spacial score (nSPS) is 24.9. The second kappa shape index (κ2) is 16.8. The van der Waals surface area contributed by atoms with Gasteiger partial charge < -0.3 is 4.90 Å².